The van der Waals surface area contributed by atoms with E-state index in [0.717, 1.165) is 25.2 Å². The predicted molar refractivity (Wildman–Crippen MR) is 91.3 cm³/mol. The molecule has 3 rings (SSSR count). The van der Waals surface area contributed by atoms with E-state index in [1.165, 1.54) is 19.3 Å². The summed E-state index contributed by atoms with van der Waals surface area (Å²) in [4.78, 5) is 14.8. The molecule has 0 aliphatic carbocycles. The first kappa shape index (κ1) is 15.8. The Bertz CT molecular complexity index is 606. The number of benzene rings is 2. The van der Waals surface area contributed by atoms with Crippen LogP contribution in [0.3, 0.4) is 0 Å². The molecule has 1 aliphatic rings. The van der Waals surface area contributed by atoms with Gasteiger partial charge in [-0.15, -0.1) is 0 Å². The minimum Gasteiger partial charge on any atom is -0.453 e. The number of piperidine rings is 1. The molecule has 23 heavy (non-hydrogen) atoms. The number of ether oxygens (including phenoxy) is 1. The number of hydrogen-bond acceptors (Lipinski definition) is 3. The van der Waals surface area contributed by atoms with Gasteiger partial charge >= 0.3 is 5.97 Å². The van der Waals surface area contributed by atoms with Gasteiger partial charge < -0.3 is 4.74 Å². The van der Waals surface area contributed by atoms with E-state index in [4.69, 9.17) is 4.74 Å². The fourth-order valence-corrected chi connectivity index (χ4v) is 3.03. The molecule has 120 valence electrons. The minimum absolute atomic E-state index is 0.220. The Labute approximate surface area is 137 Å². The van der Waals surface area contributed by atoms with Crippen LogP contribution in [0.4, 0.5) is 0 Å². The molecule has 1 atom stereocenters. The maximum absolute atomic E-state index is 12.4. The third-order valence-corrected chi connectivity index (χ3v) is 4.30. The predicted octanol–water partition coefficient (Wildman–Crippen LogP) is 4.07. The average molecular weight is 309 g/mol. The second kappa shape index (κ2) is 7.93. The molecule has 0 amide bonds. The molecule has 1 aliphatic heterocycles. The lowest BCUT2D eigenvalue weighted by atomic mass is 10.1. The SMILES string of the molecule is O=C(O[C@H](CN1CCCCC1)c1ccccc1)c1ccccc1. The highest BCUT2D eigenvalue weighted by Crippen LogP contribution is 2.22. The van der Waals surface area contributed by atoms with Crippen molar-refractivity contribution < 1.29 is 9.53 Å². The van der Waals surface area contributed by atoms with Gasteiger partial charge in [-0.3, -0.25) is 4.90 Å². The van der Waals surface area contributed by atoms with Gasteiger partial charge in [0.15, 0.2) is 0 Å². The molecule has 1 heterocycles. The number of carbonyl (C=O) groups excluding carboxylic acids is 1. The summed E-state index contributed by atoms with van der Waals surface area (Å²) in [5.41, 5.74) is 1.66. The highest BCUT2D eigenvalue weighted by Gasteiger charge is 2.22. The number of likely N-dealkylation sites (tertiary alicyclic amines) is 1. The number of nitrogens with zero attached hydrogens (tertiary/aromatic N) is 1. The quantitative estimate of drug-likeness (QED) is 0.780. The van der Waals surface area contributed by atoms with Gasteiger partial charge in [-0.05, 0) is 43.6 Å². The van der Waals surface area contributed by atoms with Crippen molar-refractivity contribution in [1.82, 2.24) is 4.90 Å². The molecule has 2 aromatic rings. The molecule has 3 heteroatoms. The summed E-state index contributed by atoms with van der Waals surface area (Å²) in [7, 11) is 0. The number of esters is 1. The molecule has 1 fully saturated rings. The molecule has 0 radical (unpaired) electrons. The minimum atomic E-state index is -0.253. The molecule has 0 saturated carbocycles. The maximum Gasteiger partial charge on any atom is 0.338 e. The fraction of sp³-hybridized carbons (Fsp3) is 0.350. The molecule has 1 saturated heterocycles. The zero-order valence-corrected chi connectivity index (χ0v) is 13.4. The summed E-state index contributed by atoms with van der Waals surface area (Å²) in [6, 6.07) is 19.3. The Kier molecular flexibility index (Phi) is 5.43. The van der Waals surface area contributed by atoms with Gasteiger partial charge in [0.25, 0.3) is 0 Å². The summed E-state index contributed by atoms with van der Waals surface area (Å²) in [5.74, 6) is -0.253. The molecule has 0 aromatic heterocycles. The van der Waals surface area contributed by atoms with Crippen molar-refractivity contribution in [3.63, 3.8) is 0 Å². The van der Waals surface area contributed by atoms with Crippen molar-refractivity contribution in [1.29, 1.82) is 0 Å². The third-order valence-electron chi connectivity index (χ3n) is 4.30. The Morgan fingerprint density at radius 3 is 2.17 bits per heavy atom. The standard InChI is InChI=1S/C20H23NO2/c22-20(18-12-6-2-7-13-18)23-19(17-10-4-1-5-11-17)16-21-14-8-3-9-15-21/h1-2,4-7,10-13,19H,3,8-9,14-16H2/t19-/m1/s1. The lowest BCUT2D eigenvalue weighted by Gasteiger charge is -2.30. The first-order valence-electron chi connectivity index (χ1n) is 8.36. The Morgan fingerprint density at radius 1 is 0.913 bits per heavy atom. The second-order valence-corrected chi connectivity index (χ2v) is 6.03. The Morgan fingerprint density at radius 2 is 1.52 bits per heavy atom. The van der Waals surface area contributed by atoms with Crippen LogP contribution < -0.4 is 0 Å². The molecule has 0 spiro atoms. The highest BCUT2D eigenvalue weighted by atomic mass is 16.5. The van der Waals surface area contributed by atoms with Gasteiger partial charge in [0.05, 0.1) is 5.56 Å². The van der Waals surface area contributed by atoms with E-state index >= 15 is 0 Å². The van der Waals surface area contributed by atoms with Crippen LogP contribution in [-0.4, -0.2) is 30.5 Å². The first-order chi connectivity index (χ1) is 11.3. The highest BCUT2D eigenvalue weighted by molar-refractivity contribution is 5.89. The third kappa shape index (κ3) is 4.42. The van der Waals surface area contributed by atoms with Crippen LogP contribution in [0.5, 0.6) is 0 Å². The Hall–Kier alpha value is -2.13. The summed E-state index contributed by atoms with van der Waals surface area (Å²) >= 11 is 0. The zero-order valence-electron chi connectivity index (χ0n) is 13.4. The molecule has 0 N–H and O–H groups in total. The van der Waals surface area contributed by atoms with Crippen molar-refractivity contribution >= 4 is 5.97 Å². The molecular formula is C20H23NO2. The summed E-state index contributed by atoms with van der Waals surface area (Å²) in [6.45, 7) is 2.95. The van der Waals surface area contributed by atoms with E-state index in [1.54, 1.807) is 12.1 Å². The summed E-state index contributed by atoms with van der Waals surface area (Å²) in [5, 5.41) is 0. The van der Waals surface area contributed by atoms with Gasteiger partial charge in [-0.25, -0.2) is 4.79 Å². The van der Waals surface area contributed by atoms with Gasteiger partial charge in [0, 0.05) is 6.54 Å². The normalized spacial score (nSPS) is 16.7. The van der Waals surface area contributed by atoms with Crippen LogP contribution in [0.15, 0.2) is 60.7 Å². The lowest BCUT2D eigenvalue weighted by Crippen LogP contribution is -2.34. The van der Waals surface area contributed by atoms with E-state index in [-0.39, 0.29) is 12.1 Å². The van der Waals surface area contributed by atoms with E-state index in [9.17, 15) is 4.79 Å². The number of rotatable bonds is 5. The number of hydrogen-bond donors (Lipinski definition) is 0. The first-order valence-corrected chi connectivity index (χ1v) is 8.36. The smallest absolute Gasteiger partial charge is 0.338 e. The van der Waals surface area contributed by atoms with Gasteiger partial charge in [-0.2, -0.15) is 0 Å². The van der Waals surface area contributed by atoms with E-state index in [1.807, 2.05) is 48.5 Å². The van der Waals surface area contributed by atoms with E-state index in [0.29, 0.717) is 5.56 Å². The molecule has 0 bridgehead atoms. The molecule has 2 aromatic carbocycles. The van der Waals surface area contributed by atoms with Crippen LogP contribution >= 0.6 is 0 Å². The van der Waals surface area contributed by atoms with Crippen molar-refractivity contribution in [2.45, 2.75) is 25.4 Å². The monoisotopic (exact) mass is 309 g/mol. The van der Waals surface area contributed by atoms with E-state index in [2.05, 4.69) is 4.90 Å². The van der Waals surface area contributed by atoms with Crippen LogP contribution in [0.25, 0.3) is 0 Å². The van der Waals surface area contributed by atoms with Crippen LogP contribution in [-0.2, 0) is 4.74 Å². The largest absolute Gasteiger partial charge is 0.453 e. The van der Waals surface area contributed by atoms with Crippen LogP contribution in [0.1, 0.15) is 41.3 Å². The van der Waals surface area contributed by atoms with Gasteiger partial charge in [-0.1, -0.05) is 55.0 Å². The fourth-order valence-electron chi connectivity index (χ4n) is 3.03. The van der Waals surface area contributed by atoms with Crippen molar-refractivity contribution in [2.24, 2.45) is 0 Å². The van der Waals surface area contributed by atoms with Gasteiger partial charge in [0.2, 0.25) is 0 Å². The zero-order chi connectivity index (χ0) is 15.9. The molecule has 0 unspecified atom stereocenters. The average Bonchev–Trinajstić information content (AvgIpc) is 2.63. The Balaban J connectivity index is 1.73. The molecular weight excluding hydrogens is 286 g/mol. The van der Waals surface area contributed by atoms with E-state index < -0.39 is 0 Å². The lowest BCUT2D eigenvalue weighted by molar-refractivity contribution is 0.0177. The van der Waals surface area contributed by atoms with Crippen molar-refractivity contribution in [2.75, 3.05) is 19.6 Å². The van der Waals surface area contributed by atoms with Crippen LogP contribution in [0.2, 0.25) is 0 Å². The van der Waals surface area contributed by atoms with Gasteiger partial charge in [0.1, 0.15) is 6.10 Å². The van der Waals surface area contributed by atoms with Crippen LogP contribution in [0, 0.1) is 0 Å². The number of carbonyl (C=O) groups is 1. The van der Waals surface area contributed by atoms with Crippen molar-refractivity contribution in [3.8, 4) is 0 Å². The second-order valence-electron chi connectivity index (χ2n) is 6.03. The molecule has 3 nitrogen and oxygen atoms in total. The summed E-state index contributed by atoms with van der Waals surface area (Å²) < 4.78 is 5.84. The topological polar surface area (TPSA) is 29.5 Å². The van der Waals surface area contributed by atoms with Crippen molar-refractivity contribution in [3.05, 3.63) is 71.8 Å². The summed E-state index contributed by atoms with van der Waals surface area (Å²) in [6.07, 6.45) is 3.54. The maximum atomic E-state index is 12.4.